The van der Waals surface area contributed by atoms with Crippen molar-refractivity contribution in [2.24, 2.45) is 0 Å². The number of benzene rings is 1. The van der Waals surface area contributed by atoms with Crippen molar-refractivity contribution in [3.8, 4) is 17.4 Å². The highest BCUT2D eigenvalue weighted by atomic mass is 79.9. The summed E-state index contributed by atoms with van der Waals surface area (Å²) in [5.74, 6) is 1.96. The normalized spacial score (nSPS) is 10.3. The van der Waals surface area contributed by atoms with Gasteiger partial charge in [0.05, 0.1) is 7.11 Å². The summed E-state index contributed by atoms with van der Waals surface area (Å²) in [6, 6.07) is 7.82. The Kier molecular flexibility index (Phi) is 4.43. The molecule has 0 aliphatic carbocycles. The monoisotopic (exact) mass is 321 g/mol. The molecule has 0 spiro atoms. The van der Waals surface area contributed by atoms with E-state index in [0.717, 1.165) is 22.2 Å². The number of methoxy groups -OCH3 is 1. The zero-order valence-electron chi connectivity index (χ0n) is 11.2. The second kappa shape index (κ2) is 6.06. The van der Waals surface area contributed by atoms with Crippen LogP contribution in [0.2, 0.25) is 0 Å². The first kappa shape index (κ1) is 13.9. The summed E-state index contributed by atoms with van der Waals surface area (Å²) in [6.45, 7) is 4.10. The Morgan fingerprint density at radius 1 is 1.21 bits per heavy atom. The molecule has 0 amide bonds. The summed E-state index contributed by atoms with van der Waals surface area (Å²) in [5.41, 5.74) is 2.29. The minimum absolute atomic E-state index is 0.559. The van der Waals surface area contributed by atoms with Crippen molar-refractivity contribution >= 4 is 15.9 Å². The van der Waals surface area contributed by atoms with E-state index in [4.69, 9.17) is 9.47 Å². The van der Waals surface area contributed by atoms with Crippen LogP contribution < -0.4 is 9.47 Å². The van der Waals surface area contributed by atoms with Gasteiger partial charge in [-0.1, -0.05) is 13.0 Å². The molecule has 0 saturated carbocycles. The lowest BCUT2D eigenvalue weighted by Crippen LogP contribution is -1.94. The first-order valence-corrected chi connectivity index (χ1v) is 6.90. The number of aryl methyl sites for hydroxylation is 2. The molecule has 0 fully saturated rings. The Morgan fingerprint density at radius 3 is 2.63 bits per heavy atom. The van der Waals surface area contributed by atoms with Gasteiger partial charge in [-0.2, -0.15) is 0 Å². The van der Waals surface area contributed by atoms with E-state index >= 15 is 0 Å². The van der Waals surface area contributed by atoms with Crippen LogP contribution in [0.25, 0.3) is 0 Å². The Balaban J connectivity index is 2.29. The van der Waals surface area contributed by atoms with Gasteiger partial charge in [-0.3, -0.25) is 0 Å². The fourth-order valence-corrected chi connectivity index (χ4v) is 1.92. The molecule has 100 valence electrons. The number of ether oxygens (including phenoxy) is 2. The van der Waals surface area contributed by atoms with Crippen molar-refractivity contribution in [3.05, 3.63) is 46.1 Å². The van der Waals surface area contributed by atoms with Crippen LogP contribution in [0.4, 0.5) is 0 Å². The van der Waals surface area contributed by atoms with Gasteiger partial charge in [0.15, 0.2) is 11.5 Å². The molecule has 4 heteroatoms. The van der Waals surface area contributed by atoms with Gasteiger partial charge in [0.2, 0.25) is 5.88 Å². The standard InChI is InChI=1S/C15H16BrNO2/c1-4-11-5-6-13(14(8-11)18-3)19-15-7-10(2)12(16)9-17-15/h5-9H,4H2,1-3H3. The van der Waals surface area contributed by atoms with E-state index in [-0.39, 0.29) is 0 Å². The lowest BCUT2D eigenvalue weighted by atomic mass is 10.1. The summed E-state index contributed by atoms with van der Waals surface area (Å²) < 4.78 is 12.1. The van der Waals surface area contributed by atoms with Crippen LogP contribution in [0.3, 0.4) is 0 Å². The van der Waals surface area contributed by atoms with Gasteiger partial charge >= 0.3 is 0 Å². The molecule has 2 rings (SSSR count). The van der Waals surface area contributed by atoms with E-state index in [9.17, 15) is 0 Å². The van der Waals surface area contributed by atoms with E-state index < -0.39 is 0 Å². The Labute approximate surface area is 121 Å². The molecule has 3 nitrogen and oxygen atoms in total. The zero-order chi connectivity index (χ0) is 13.8. The quantitative estimate of drug-likeness (QED) is 0.829. The van der Waals surface area contributed by atoms with Crippen molar-refractivity contribution < 1.29 is 9.47 Å². The Hall–Kier alpha value is -1.55. The number of aromatic nitrogens is 1. The minimum atomic E-state index is 0.559. The molecule has 0 aliphatic rings. The molecule has 1 heterocycles. The number of hydrogen-bond acceptors (Lipinski definition) is 3. The van der Waals surface area contributed by atoms with Crippen molar-refractivity contribution in [1.29, 1.82) is 0 Å². The van der Waals surface area contributed by atoms with Gasteiger partial charge in [0.1, 0.15) is 0 Å². The van der Waals surface area contributed by atoms with E-state index in [1.54, 1.807) is 13.3 Å². The molecule has 0 saturated heterocycles. The molecule has 0 unspecified atom stereocenters. The highest BCUT2D eigenvalue weighted by Gasteiger charge is 2.08. The minimum Gasteiger partial charge on any atom is -0.493 e. The van der Waals surface area contributed by atoms with Crippen LogP contribution in [0.15, 0.2) is 34.9 Å². The summed E-state index contributed by atoms with van der Waals surface area (Å²) in [6.07, 6.45) is 2.70. The largest absolute Gasteiger partial charge is 0.493 e. The summed E-state index contributed by atoms with van der Waals surface area (Å²) in [5, 5.41) is 0. The van der Waals surface area contributed by atoms with E-state index in [1.165, 1.54) is 5.56 Å². The molecule has 0 radical (unpaired) electrons. The number of halogens is 1. The SMILES string of the molecule is CCc1ccc(Oc2cc(C)c(Br)cn2)c(OC)c1. The summed E-state index contributed by atoms with van der Waals surface area (Å²) >= 11 is 3.42. The smallest absolute Gasteiger partial charge is 0.219 e. The van der Waals surface area contributed by atoms with E-state index in [0.29, 0.717) is 11.6 Å². The molecule has 1 aromatic carbocycles. The van der Waals surface area contributed by atoms with Crippen LogP contribution in [0, 0.1) is 6.92 Å². The number of hydrogen-bond donors (Lipinski definition) is 0. The Morgan fingerprint density at radius 2 is 2.00 bits per heavy atom. The number of nitrogens with zero attached hydrogens (tertiary/aromatic N) is 1. The highest BCUT2D eigenvalue weighted by molar-refractivity contribution is 9.10. The Bertz CT molecular complexity index is 584. The van der Waals surface area contributed by atoms with Gasteiger partial charge in [-0.25, -0.2) is 4.98 Å². The lowest BCUT2D eigenvalue weighted by molar-refractivity contribution is 0.373. The predicted octanol–water partition coefficient (Wildman–Crippen LogP) is 4.52. The van der Waals surface area contributed by atoms with Crippen molar-refractivity contribution in [2.45, 2.75) is 20.3 Å². The lowest BCUT2D eigenvalue weighted by Gasteiger charge is -2.11. The van der Waals surface area contributed by atoms with Gasteiger partial charge < -0.3 is 9.47 Å². The fraction of sp³-hybridized carbons (Fsp3) is 0.267. The molecule has 0 N–H and O–H groups in total. The fourth-order valence-electron chi connectivity index (χ4n) is 1.70. The molecule has 0 aliphatic heterocycles. The first-order chi connectivity index (χ1) is 9.13. The average molecular weight is 322 g/mol. The molecule has 19 heavy (non-hydrogen) atoms. The third-order valence-electron chi connectivity index (χ3n) is 2.87. The van der Waals surface area contributed by atoms with Crippen LogP contribution in [0.1, 0.15) is 18.1 Å². The van der Waals surface area contributed by atoms with Crippen molar-refractivity contribution in [3.63, 3.8) is 0 Å². The topological polar surface area (TPSA) is 31.4 Å². The zero-order valence-corrected chi connectivity index (χ0v) is 12.8. The molecule has 2 aromatic rings. The molecule has 0 bridgehead atoms. The molecule has 1 aromatic heterocycles. The molecular formula is C15H16BrNO2. The van der Waals surface area contributed by atoms with Crippen molar-refractivity contribution in [2.75, 3.05) is 7.11 Å². The van der Waals surface area contributed by atoms with Crippen LogP contribution in [-0.4, -0.2) is 12.1 Å². The van der Waals surface area contributed by atoms with Gasteiger partial charge in [-0.05, 0) is 52.5 Å². The van der Waals surface area contributed by atoms with E-state index in [2.05, 4.69) is 27.8 Å². The second-order valence-corrected chi connectivity index (χ2v) is 5.07. The summed E-state index contributed by atoms with van der Waals surface area (Å²) in [7, 11) is 1.64. The molecule has 0 atom stereocenters. The second-order valence-electron chi connectivity index (χ2n) is 4.21. The van der Waals surface area contributed by atoms with Crippen LogP contribution in [-0.2, 0) is 6.42 Å². The van der Waals surface area contributed by atoms with Crippen LogP contribution in [0.5, 0.6) is 17.4 Å². The average Bonchev–Trinajstić information content (AvgIpc) is 2.43. The summed E-state index contributed by atoms with van der Waals surface area (Å²) in [4.78, 5) is 4.23. The predicted molar refractivity (Wildman–Crippen MR) is 79.1 cm³/mol. The number of pyridine rings is 1. The maximum Gasteiger partial charge on any atom is 0.219 e. The highest BCUT2D eigenvalue weighted by Crippen LogP contribution is 2.32. The van der Waals surface area contributed by atoms with Gasteiger partial charge in [0, 0.05) is 16.7 Å². The maximum absolute atomic E-state index is 5.78. The maximum atomic E-state index is 5.78. The van der Waals surface area contributed by atoms with E-state index in [1.807, 2.05) is 31.2 Å². The molecular weight excluding hydrogens is 306 g/mol. The van der Waals surface area contributed by atoms with Gasteiger partial charge in [-0.15, -0.1) is 0 Å². The number of rotatable bonds is 4. The third-order valence-corrected chi connectivity index (χ3v) is 3.70. The van der Waals surface area contributed by atoms with Crippen molar-refractivity contribution in [1.82, 2.24) is 4.98 Å². The third kappa shape index (κ3) is 3.26. The van der Waals surface area contributed by atoms with Crippen LogP contribution >= 0.6 is 15.9 Å². The first-order valence-electron chi connectivity index (χ1n) is 6.11. The van der Waals surface area contributed by atoms with Gasteiger partial charge in [0.25, 0.3) is 0 Å².